The Morgan fingerprint density at radius 2 is 2.04 bits per heavy atom. The Labute approximate surface area is 134 Å². The van der Waals surface area contributed by atoms with Crippen LogP contribution in [0.5, 0.6) is 0 Å². The number of aliphatic carboxylic acids is 1. The maximum atomic E-state index is 11.4. The molecule has 0 saturated heterocycles. The third-order valence-electron chi connectivity index (χ3n) is 2.64. The predicted octanol–water partition coefficient (Wildman–Crippen LogP) is 2.15. The average molecular weight is 320 g/mol. The van der Waals surface area contributed by atoms with Gasteiger partial charge in [-0.2, -0.15) is 0 Å². The van der Waals surface area contributed by atoms with Crippen LogP contribution in [0.2, 0.25) is 0 Å². The summed E-state index contributed by atoms with van der Waals surface area (Å²) in [5.41, 5.74) is 1.39. The summed E-state index contributed by atoms with van der Waals surface area (Å²) in [7, 11) is 3.51. The summed E-state index contributed by atoms with van der Waals surface area (Å²) in [6.07, 6.45) is 0.730. The molecule has 0 aliphatic carbocycles. The number of carbonyl (C=O) groups excluding carboxylic acids is 1. The van der Waals surface area contributed by atoms with Gasteiger partial charge in [0, 0.05) is 20.5 Å². The Morgan fingerprint density at radius 1 is 1.39 bits per heavy atom. The number of benzene rings is 1. The van der Waals surface area contributed by atoms with Crippen molar-refractivity contribution in [2.75, 3.05) is 20.7 Å². The fraction of sp³-hybridized carbons (Fsp3) is 0.333. The SMILES string of the molecule is C=CCOC(=O)N[C@@H](Cc1ccc(N=NN(C)C)cc1)C(=O)O. The van der Waals surface area contributed by atoms with Crippen LogP contribution in [0.4, 0.5) is 10.5 Å². The second-order valence-electron chi connectivity index (χ2n) is 4.83. The molecule has 8 heteroatoms. The first-order valence-corrected chi connectivity index (χ1v) is 6.87. The van der Waals surface area contributed by atoms with E-state index in [9.17, 15) is 14.7 Å². The highest BCUT2D eigenvalue weighted by molar-refractivity contribution is 5.80. The molecule has 0 spiro atoms. The van der Waals surface area contributed by atoms with Gasteiger partial charge in [0.1, 0.15) is 12.6 Å². The predicted molar refractivity (Wildman–Crippen MR) is 84.5 cm³/mol. The van der Waals surface area contributed by atoms with Gasteiger partial charge in [-0.15, -0.1) is 5.11 Å². The zero-order chi connectivity index (χ0) is 17.2. The lowest BCUT2D eigenvalue weighted by molar-refractivity contribution is -0.139. The van der Waals surface area contributed by atoms with Crippen molar-refractivity contribution >= 4 is 17.7 Å². The molecule has 124 valence electrons. The topological polar surface area (TPSA) is 104 Å². The number of hydrogen-bond donors (Lipinski definition) is 2. The number of ether oxygens (including phenoxy) is 1. The summed E-state index contributed by atoms with van der Waals surface area (Å²) in [6.45, 7) is 3.43. The van der Waals surface area contributed by atoms with Gasteiger partial charge >= 0.3 is 12.1 Å². The number of carboxylic acid groups (broad SMARTS) is 1. The summed E-state index contributed by atoms with van der Waals surface area (Å²) >= 11 is 0. The first-order chi connectivity index (χ1) is 10.9. The first-order valence-electron chi connectivity index (χ1n) is 6.87. The number of amides is 1. The summed E-state index contributed by atoms with van der Waals surface area (Å²) in [5.74, 6) is -1.14. The van der Waals surface area contributed by atoms with E-state index >= 15 is 0 Å². The molecule has 0 heterocycles. The highest BCUT2D eigenvalue weighted by Gasteiger charge is 2.20. The smallest absolute Gasteiger partial charge is 0.408 e. The summed E-state index contributed by atoms with van der Waals surface area (Å²) in [4.78, 5) is 22.7. The fourth-order valence-electron chi connectivity index (χ4n) is 1.59. The second kappa shape index (κ2) is 9.19. The summed E-state index contributed by atoms with van der Waals surface area (Å²) in [5, 5.41) is 20.9. The normalized spacial score (nSPS) is 11.7. The van der Waals surface area contributed by atoms with Gasteiger partial charge in [-0.1, -0.05) is 30.0 Å². The Kier molecular flexibility index (Phi) is 7.25. The van der Waals surface area contributed by atoms with Crippen molar-refractivity contribution in [2.24, 2.45) is 10.3 Å². The minimum Gasteiger partial charge on any atom is -0.480 e. The molecule has 0 aromatic heterocycles. The van der Waals surface area contributed by atoms with Crippen LogP contribution in [0, 0.1) is 0 Å². The minimum atomic E-state index is -1.14. The van der Waals surface area contributed by atoms with Gasteiger partial charge in [-0.3, -0.25) is 5.01 Å². The van der Waals surface area contributed by atoms with E-state index in [1.165, 1.54) is 6.08 Å². The van der Waals surface area contributed by atoms with E-state index in [0.717, 1.165) is 5.56 Å². The molecular formula is C15H20N4O4. The van der Waals surface area contributed by atoms with Crippen LogP contribution in [0.25, 0.3) is 0 Å². The van der Waals surface area contributed by atoms with Crippen molar-refractivity contribution in [1.29, 1.82) is 0 Å². The van der Waals surface area contributed by atoms with Crippen LogP contribution in [0.3, 0.4) is 0 Å². The Hall–Kier alpha value is -2.90. The van der Waals surface area contributed by atoms with E-state index < -0.39 is 18.1 Å². The highest BCUT2D eigenvalue weighted by Crippen LogP contribution is 2.15. The summed E-state index contributed by atoms with van der Waals surface area (Å²) < 4.78 is 4.72. The molecule has 1 rings (SSSR count). The molecule has 1 amide bonds. The Balaban J connectivity index is 2.67. The van der Waals surface area contributed by atoms with Crippen molar-refractivity contribution < 1.29 is 19.4 Å². The Bertz CT molecular complexity index is 569. The molecule has 0 radical (unpaired) electrons. The van der Waals surface area contributed by atoms with Crippen molar-refractivity contribution in [2.45, 2.75) is 12.5 Å². The molecule has 1 aromatic rings. The number of nitrogens with one attached hydrogen (secondary N) is 1. The monoisotopic (exact) mass is 320 g/mol. The van der Waals surface area contributed by atoms with Crippen LogP contribution >= 0.6 is 0 Å². The second-order valence-corrected chi connectivity index (χ2v) is 4.83. The molecule has 0 unspecified atom stereocenters. The minimum absolute atomic E-state index is 0.0176. The molecular weight excluding hydrogens is 300 g/mol. The van der Waals surface area contributed by atoms with Gasteiger partial charge in [-0.25, -0.2) is 9.59 Å². The van der Waals surface area contributed by atoms with E-state index in [-0.39, 0.29) is 13.0 Å². The standard InChI is InChI=1S/C15H20N4O4/c1-4-9-23-15(22)16-13(14(20)21)10-11-5-7-12(8-6-11)17-18-19(2)3/h4-8,13H,1,9-10H2,2-3H3,(H,16,22)(H,20,21)/t13-/m0/s1. The maximum Gasteiger partial charge on any atom is 0.408 e. The lowest BCUT2D eigenvalue weighted by atomic mass is 10.1. The number of alkyl carbamates (subject to hydrolysis) is 1. The van der Waals surface area contributed by atoms with E-state index in [4.69, 9.17) is 4.74 Å². The number of carboxylic acids is 1. The van der Waals surface area contributed by atoms with Crippen LogP contribution in [-0.2, 0) is 16.0 Å². The van der Waals surface area contributed by atoms with E-state index in [0.29, 0.717) is 5.69 Å². The van der Waals surface area contributed by atoms with Crippen LogP contribution in [-0.4, -0.2) is 48.9 Å². The van der Waals surface area contributed by atoms with Gasteiger partial charge in [0.15, 0.2) is 0 Å². The van der Waals surface area contributed by atoms with Gasteiger partial charge in [0.05, 0.1) is 5.69 Å². The number of carbonyl (C=O) groups is 2. The third-order valence-corrected chi connectivity index (χ3v) is 2.64. The van der Waals surface area contributed by atoms with Crippen molar-refractivity contribution in [3.8, 4) is 0 Å². The molecule has 0 saturated carbocycles. The fourth-order valence-corrected chi connectivity index (χ4v) is 1.59. The van der Waals surface area contributed by atoms with Gasteiger partial charge in [0.2, 0.25) is 0 Å². The lowest BCUT2D eigenvalue weighted by Gasteiger charge is -2.14. The van der Waals surface area contributed by atoms with E-state index in [2.05, 4.69) is 22.2 Å². The van der Waals surface area contributed by atoms with Crippen LogP contribution in [0.15, 0.2) is 47.3 Å². The molecule has 0 aliphatic heterocycles. The van der Waals surface area contributed by atoms with Gasteiger partial charge < -0.3 is 15.2 Å². The van der Waals surface area contributed by atoms with E-state index in [1.807, 2.05) is 0 Å². The molecule has 8 nitrogen and oxygen atoms in total. The molecule has 2 N–H and O–H groups in total. The molecule has 1 aromatic carbocycles. The lowest BCUT2D eigenvalue weighted by Crippen LogP contribution is -2.42. The zero-order valence-corrected chi connectivity index (χ0v) is 13.1. The molecule has 0 fully saturated rings. The summed E-state index contributed by atoms with van der Waals surface area (Å²) in [6, 6.07) is 5.82. The van der Waals surface area contributed by atoms with Crippen molar-refractivity contribution in [3.05, 3.63) is 42.5 Å². The van der Waals surface area contributed by atoms with Crippen LogP contribution in [0.1, 0.15) is 5.56 Å². The zero-order valence-electron chi connectivity index (χ0n) is 13.1. The van der Waals surface area contributed by atoms with E-state index in [1.54, 1.807) is 43.4 Å². The number of hydrogen-bond acceptors (Lipinski definition) is 5. The Morgan fingerprint density at radius 3 is 2.57 bits per heavy atom. The van der Waals surface area contributed by atoms with Crippen molar-refractivity contribution in [3.63, 3.8) is 0 Å². The third kappa shape index (κ3) is 7.07. The average Bonchev–Trinajstić information content (AvgIpc) is 2.51. The maximum absolute atomic E-state index is 11.4. The first kappa shape index (κ1) is 18.1. The molecule has 0 bridgehead atoms. The van der Waals surface area contributed by atoms with Gasteiger partial charge in [0.25, 0.3) is 0 Å². The highest BCUT2D eigenvalue weighted by atomic mass is 16.5. The van der Waals surface area contributed by atoms with Crippen LogP contribution < -0.4 is 5.32 Å². The largest absolute Gasteiger partial charge is 0.480 e. The number of rotatable bonds is 8. The molecule has 23 heavy (non-hydrogen) atoms. The van der Waals surface area contributed by atoms with Crippen molar-refractivity contribution in [1.82, 2.24) is 10.3 Å². The molecule has 1 atom stereocenters. The van der Waals surface area contributed by atoms with Gasteiger partial charge in [-0.05, 0) is 17.7 Å². The quantitative estimate of drug-likeness (QED) is 0.434. The molecule has 0 aliphatic rings. The number of nitrogens with zero attached hydrogens (tertiary/aromatic N) is 3.